The monoisotopic (exact) mass is 367 g/mol. The minimum Gasteiger partial charge on any atom is -0.290 e. The quantitative estimate of drug-likeness (QED) is 0.608. The van der Waals surface area contributed by atoms with Crippen LogP contribution in [-0.4, -0.2) is 31.9 Å². The summed E-state index contributed by atoms with van der Waals surface area (Å²) in [5.74, 6) is 0.667. The lowest BCUT2D eigenvalue weighted by Crippen LogP contribution is -2.58. The van der Waals surface area contributed by atoms with Gasteiger partial charge in [-0.25, -0.2) is 0 Å². The molecule has 0 aromatic heterocycles. The van der Waals surface area contributed by atoms with E-state index in [0.29, 0.717) is 5.75 Å². The first-order chi connectivity index (χ1) is 11.4. The number of nitrogens with zero attached hydrogens (tertiary/aromatic N) is 1. The van der Waals surface area contributed by atoms with Crippen molar-refractivity contribution in [3.63, 3.8) is 0 Å². The molecule has 1 aromatic rings. The van der Waals surface area contributed by atoms with E-state index in [1.165, 1.54) is 0 Å². The van der Waals surface area contributed by atoms with Crippen molar-refractivity contribution < 1.29 is 9.05 Å². The van der Waals surface area contributed by atoms with Crippen molar-refractivity contribution in [2.24, 2.45) is 5.41 Å². The Morgan fingerprint density at radius 2 is 1.56 bits per heavy atom. The van der Waals surface area contributed by atoms with Gasteiger partial charge in [0.1, 0.15) is 6.10 Å². The maximum absolute atomic E-state index is 12.6. The van der Waals surface area contributed by atoms with E-state index < -0.39 is 10.8 Å². The van der Waals surface area contributed by atoms with Crippen LogP contribution in [0.1, 0.15) is 74.0 Å². The second-order valence-corrected chi connectivity index (χ2v) is 10.9. The van der Waals surface area contributed by atoms with Gasteiger partial charge in [-0.3, -0.25) is 9.05 Å². The first-order valence-electron chi connectivity index (χ1n) is 9.27. The molecule has 0 aliphatic heterocycles. The second kappa shape index (κ2) is 8.79. The first kappa shape index (κ1) is 22.3. The summed E-state index contributed by atoms with van der Waals surface area (Å²) in [6, 6.07) is 10.3. The van der Waals surface area contributed by atoms with E-state index in [4.69, 9.17) is 4.84 Å². The Morgan fingerprint density at radius 1 is 1.04 bits per heavy atom. The Morgan fingerprint density at radius 3 is 1.96 bits per heavy atom. The SMILES string of the molecule is CCS(=O)[C@@H](C)[C@@H](N(OC(C)c1ccccc1)C(C)(C)C)C(C)(C)C. The Labute approximate surface area is 157 Å². The highest BCUT2D eigenvalue weighted by atomic mass is 32.2. The van der Waals surface area contributed by atoms with Crippen LogP contribution in [-0.2, 0) is 15.6 Å². The topological polar surface area (TPSA) is 29.5 Å². The zero-order valence-corrected chi connectivity index (χ0v) is 18.3. The number of hydrogen-bond donors (Lipinski definition) is 0. The lowest BCUT2D eigenvalue weighted by molar-refractivity contribution is -0.277. The fourth-order valence-corrected chi connectivity index (χ4v) is 4.58. The van der Waals surface area contributed by atoms with Crippen molar-refractivity contribution >= 4 is 10.8 Å². The minimum absolute atomic E-state index is 0.0206. The molecule has 0 aliphatic rings. The van der Waals surface area contributed by atoms with Crippen LogP contribution in [0.3, 0.4) is 0 Å². The van der Waals surface area contributed by atoms with E-state index in [-0.39, 0.29) is 28.3 Å². The van der Waals surface area contributed by atoms with Gasteiger partial charge in [0, 0.05) is 22.1 Å². The third kappa shape index (κ3) is 6.19. The molecule has 0 spiro atoms. The van der Waals surface area contributed by atoms with E-state index in [2.05, 4.69) is 72.6 Å². The van der Waals surface area contributed by atoms with Gasteiger partial charge in [-0.2, -0.15) is 5.06 Å². The lowest BCUT2D eigenvalue weighted by Gasteiger charge is -2.49. The second-order valence-electron chi connectivity index (χ2n) is 8.84. The van der Waals surface area contributed by atoms with Gasteiger partial charge in [0.2, 0.25) is 0 Å². The molecule has 0 heterocycles. The summed E-state index contributed by atoms with van der Waals surface area (Å²) < 4.78 is 12.6. The normalized spacial score (nSPS) is 18.0. The zero-order chi connectivity index (χ0) is 19.4. The Bertz CT molecular complexity index is 545. The molecule has 2 unspecified atom stereocenters. The van der Waals surface area contributed by atoms with Crippen LogP contribution in [0.4, 0.5) is 0 Å². The summed E-state index contributed by atoms with van der Waals surface area (Å²) in [4.78, 5) is 6.50. The van der Waals surface area contributed by atoms with E-state index in [1.54, 1.807) is 0 Å². The van der Waals surface area contributed by atoms with E-state index >= 15 is 0 Å². The molecule has 0 aliphatic carbocycles. The molecular formula is C21H37NO2S. The molecular weight excluding hydrogens is 330 g/mol. The van der Waals surface area contributed by atoms with Gasteiger partial charge in [0.15, 0.2) is 0 Å². The van der Waals surface area contributed by atoms with Gasteiger partial charge in [0.25, 0.3) is 0 Å². The van der Waals surface area contributed by atoms with Crippen molar-refractivity contribution in [3.8, 4) is 0 Å². The van der Waals surface area contributed by atoms with Gasteiger partial charge < -0.3 is 0 Å². The highest BCUT2D eigenvalue weighted by Crippen LogP contribution is 2.36. The molecule has 0 fully saturated rings. The van der Waals surface area contributed by atoms with E-state index in [9.17, 15) is 4.21 Å². The van der Waals surface area contributed by atoms with Crippen molar-refractivity contribution in [1.82, 2.24) is 5.06 Å². The third-order valence-electron chi connectivity index (χ3n) is 4.49. The molecule has 1 aromatic carbocycles. The number of hydrogen-bond acceptors (Lipinski definition) is 3. The molecule has 0 saturated heterocycles. The van der Waals surface area contributed by atoms with Crippen molar-refractivity contribution in [2.75, 3.05) is 5.75 Å². The van der Waals surface area contributed by atoms with Gasteiger partial charge >= 0.3 is 0 Å². The van der Waals surface area contributed by atoms with Crippen LogP contribution in [0, 0.1) is 5.41 Å². The average Bonchev–Trinajstić information content (AvgIpc) is 2.51. The van der Waals surface area contributed by atoms with E-state index in [0.717, 1.165) is 5.56 Å². The van der Waals surface area contributed by atoms with E-state index in [1.807, 2.05) is 25.1 Å². The Kier molecular flexibility index (Phi) is 7.85. The Hall–Kier alpha value is -0.710. The highest BCUT2D eigenvalue weighted by molar-refractivity contribution is 7.85. The van der Waals surface area contributed by atoms with Crippen molar-refractivity contribution in [3.05, 3.63) is 35.9 Å². The molecule has 0 N–H and O–H groups in total. The fraction of sp³-hybridized carbons (Fsp3) is 0.714. The fourth-order valence-electron chi connectivity index (χ4n) is 3.25. The van der Waals surface area contributed by atoms with Crippen molar-refractivity contribution in [2.45, 2.75) is 85.2 Å². The molecule has 0 amide bonds. The maximum Gasteiger partial charge on any atom is 0.101 e. The van der Waals surface area contributed by atoms with Gasteiger partial charge in [-0.05, 0) is 45.6 Å². The van der Waals surface area contributed by atoms with Gasteiger partial charge in [-0.1, -0.05) is 58.0 Å². The number of benzene rings is 1. The van der Waals surface area contributed by atoms with Crippen LogP contribution in [0.25, 0.3) is 0 Å². The molecule has 3 nitrogen and oxygen atoms in total. The number of rotatable bonds is 7. The standard InChI is InChI=1S/C21H37NO2S/c1-10-25(23)17(3)19(20(4,5)6)22(21(7,8)9)24-16(2)18-14-12-11-13-15-18/h11-17,19H,10H2,1-9H3/t16?,17-,19+,25?/m0/s1. The molecule has 4 heteroatoms. The summed E-state index contributed by atoms with van der Waals surface area (Å²) in [7, 11) is -0.885. The molecule has 0 saturated carbocycles. The summed E-state index contributed by atoms with van der Waals surface area (Å²) >= 11 is 0. The summed E-state index contributed by atoms with van der Waals surface area (Å²) in [6.45, 7) is 19.2. The summed E-state index contributed by atoms with van der Waals surface area (Å²) in [5.41, 5.74) is 0.884. The molecule has 25 heavy (non-hydrogen) atoms. The molecule has 0 radical (unpaired) electrons. The predicted octanol–water partition coefficient (Wildman–Crippen LogP) is 5.35. The summed E-state index contributed by atoms with van der Waals surface area (Å²) in [6.07, 6.45) is -0.0625. The van der Waals surface area contributed by atoms with Gasteiger partial charge in [-0.15, -0.1) is 0 Å². The first-order valence-corrected chi connectivity index (χ1v) is 10.7. The van der Waals surface area contributed by atoms with Gasteiger partial charge in [0.05, 0.1) is 11.3 Å². The maximum atomic E-state index is 12.6. The molecule has 144 valence electrons. The summed E-state index contributed by atoms with van der Waals surface area (Å²) in [5, 5.41) is 2.12. The molecule has 4 atom stereocenters. The van der Waals surface area contributed by atoms with Crippen LogP contribution >= 0.6 is 0 Å². The highest BCUT2D eigenvalue weighted by Gasteiger charge is 2.43. The third-order valence-corrected chi connectivity index (χ3v) is 6.14. The van der Waals surface area contributed by atoms with Crippen LogP contribution in [0.5, 0.6) is 0 Å². The van der Waals surface area contributed by atoms with Crippen LogP contribution in [0.15, 0.2) is 30.3 Å². The molecule has 0 bridgehead atoms. The van der Waals surface area contributed by atoms with Crippen molar-refractivity contribution in [1.29, 1.82) is 0 Å². The van der Waals surface area contributed by atoms with Crippen LogP contribution < -0.4 is 0 Å². The Balaban J connectivity index is 3.23. The minimum atomic E-state index is -0.885. The lowest BCUT2D eigenvalue weighted by atomic mass is 9.83. The smallest absolute Gasteiger partial charge is 0.101 e. The number of hydroxylamine groups is 2. The zero-order valence-electron chi connectivity index (χ0n) is 17.5. The van der Waals surface area contributed by atoms with Crippen LogP contribution in [0.2, 0.25) is 0 Å². The largest absolute Gasteiger partial charge is 0.290 e. The average molecular weight is 368 g/mol. The predicted molar refractivity (Wildman–Crippen MR) is 109 cm³/mol. The molecule has 1 rings (SSSR count).